The monoisotopic (exact) mass is 476 g/mol. The molecule has 0 spiro atoms. The van der Waals surface area contributed by atoms with Gasteiger partial charge >= 0.3 is 6.18 Å². The van der Waals surface area contributed by atoms with Crippen LogP contribution in [0.25, 0.3) is 11.4 Å². The fraction of sp³-hybridized carbons (Fsp3) is 0.304. The molecule has 0 amide bonds. The van der Waals surface area contributed by atoms with E-state index in [1.807, 2.05) is 6.92 Å². The van der Waals surface area contributed by atoms with Gasteiger partial charge in [0.2, 0.25) is 0 Å². The van der Waals surface area contributed by atoms with Crippen LogP contribution in [-0.4, -0.2) is 27.9 Å². The molecule has 4 rings (SSSR count). The van der Waals surface area contributed by atoms with Gasteiger partial charge < -0.3 is 21.5 Å². The third-order valence-electron chi connectivity index (χ3n) is 5.55. The molecule has 11 heteroatoms. The van der Waals surface area contributed by atoms with Gasteiger partial charge in [-0.25, -0.2) is 14.1 Å². The number of nitrogens with one attached hydrogen (secondary N) is 1. The van der Waals surface area contributed by atoms with E-state index in [0.29, 0.717) is 28.9 Å². The van der Waals surface area contributed by atoms with Crippen molar-refractivity contribution < 1.29 is 22.3 Å². The van der Waals surface area contributed by atoms with Crippen molar-refractivity contribution in [2.75, 3.05) is 18.8 Å². The average Bonchev–Trinajstić information content (AvgIpc) is 3.21. The van der Waals surface area contributed by atoms with E-state index in [1.165, 1.54) is 16.8 Å². The van der Waals surface area contributed by atoms with E-state index in [2.05, 4.69) is 15.4 Å². The first-order valence-electron chi connectivity index (χ1n) is 10.7. The van der Waals surface area contributed by atoms with E-state index in [-0.39, 0.29) is 35.9 Å². The Labute approximate surface area is 193 Å². The van der Waals surface area contributed by atoms with E-state index in [0.717, 1.165) is 12.1 Å². The van der Waals surface area contributed by atoms with Crippen molar-refractivity contribution in [3.63, 3.8) is 0 Å². The summed E-state index contributed by atoms with van der Waals surface area (Å²) < 4.78 is 62.3. The van der Waals surface area contributed by atoms with E-state index >= 15 is 0 Å². The lowest BCUT2D eigenvalue weighted by atomic mass is 10.0. The Bertz CT molecular complexity index is 1250. The Kier molecular flexibility index (Phi) is 6.22. The smallest absolute Gasteiger partial charge is 0.435 e. The second-order valence-electron chi connectivity index (χ2n) is 7.89. The maximum Gasteiger partial charge on any atom is 0.435 e. The molecule has 0 saturated heterocycles. The van der Waals surface area contributed by atoms with Crippen LogP contribution in [0, 0.1) is 5.82 Å². The highest BCUT2D eigenvalue weighted by Crippen LogP contribution is 2.36. The molecule has 0 saturated carbocycles. The number of aromatic nitrogens is 3. The van der Waals surface area contributed by atoms with E-state index in [4.69, 9.17) is 16.2 Å². The zero-order valence-electron chi connectivity index (χ0n) is 18.6. The lowest BCUT2D eigenvalue weighted by molar-refractivity contribution is -0.141. The summed E-state index contributed by atoms with van der Waals surface area (Å²) in [5.41, 5.74) is 13.7. The minimum absolute atomic E-state index is 0.0576. The van der Waals surface area contributed by atoms with Gasteiger partial charge in [0, 0.05) is 48.2 Å². The Morgan fingerprint density at radius 3 is 2.68 bits per heavy atom. The molecule has 1 atom stereocenters. The van der Waals surface area contributed by atoms with Gasteiger partial charge in [-0.3, -0.25) is 0 Å². The number of nitrogens with zero attached hydrogens (tertiary/aromatic N) is 3. The van der Waals surface area contributed by atoms with Crippen LogP contribution in [0.5, 0.6) is 5.75 Å². The number of hydrogen-bond acceptors (Lipinski definition) is 6. The third-order valence-corrected chi connectivity index (χ3v) is 5.55. The predicted molar refractivity (Wildman–Crippen MR) is 120 cm³/mol. The molecule has 1 aliphatic rings. The van der Waals surface area contributed by atoms with Gasteiger partial charge in [0.1, 0.15) is 11.9 Å². The molecule has 2 bridgehead atoms. The van der Waals surface area contributed by atoms with Crippen LogP contribution in [0.4, 0.5) is 23.4 Å². The zero-order valence-corrected chi connectivity index (χ0v) is 18.6. The molecule has 3 aromatic rings. The summed E-state index contributed by atoms with van der Waals surface area (Å²) in [5, 5.41) is 7.07. The number of fused-ring (bicyclic) bond motifs is 5. The van der Waals surface area contributed by atoms with Crippen molar-refractivity contribution in [3.05, 3.63) is 70.4 Å². The molecule has 180 valence electrons. The molecule has 0 aliphatic carbocycles. The van der Waals surface area contributed by atoms with Gasteiger partial charge in [0.15, 0.2) is 17.3 Å². The summed E-state index contributed by atoms with van der Waals surface area (Å²) in [6.45, 7) is 4.13. The van der Waals surface area contributed by atoms with Gasteiger partial charge in [-0.15, -0.1) is 0 Å². The highest BCUT2D eigenvalue weighted by atomic mass is 19.4. The highest BCUT2D eigenvalue weighted by Gasteiger charge is 2.36. The summed E-state index contributed by atoms with van der Waals surface area (Å²) >= 11 is 0. The van der Waals surface area contributed by atoms with Crippen molar-refractivity contribution in [1.29, 1.82) is 0 Å². The van der Waals surface area contributed by atoms with Crippen molar-refractivity contribution in [2.24, 2.45) is 5.73 Å². The second kappa shape index (κ2) is 8.98. The van der Waals surface area contributed by atoms with Crippen LogP contribution < -0.4 is 21.5 Å². The van der Waals surface area contributed by atoms with Crippen LogP contribution in [0.2, 0.25) is 0 Å². The van der Waals surface area contributed by atoms with Crippen molar-refractivity contribution in [3.8, 4) is 11.4 Å². The normalized spacial score (nSPS) is 18.3. The number of anilines is 1. The number of nitrogen functional groups attached to an aromatic ring is 1. The molecule has 0 fully saturated rings. The molecular formula is C23H24F4N6O. The van der Waals surface area contributed by atoms with Crippen LogP contribution in [0.1, 0.15) is 42.5 Å². The molecule has 34 heavy (non-hydrogen) atoms. The Balaban J connectivity index is 2.04. The molecule has 2 aromatic heterocycles. The Morgan fingerprint density at radius 2 is 2.00 bits per heavy atom. The van der Waals surface area contributed by atoms with Crippen molar-refractivity contribution in [2.45, 2.75) is 32.5 Å². The molecule has 5 N–H and O–H groups in total. The predicted octanol–water partition coefficient (Wildman–Crippen LogP) is 3.98. The minimum Gasteiger partial charge on any atom is -0.482 e. The SMILES string of the molecule is CCN/C1=C(\CN)Cc2cc(C(F)(F)F)nn2-c2ccc(F)cc2C(C)Oc2cc1cnc2N. The van der Waals surface area contributed by atoms with E-state index in [1.54, 1.807) is 19.2 Å². The molecule has 1 aliphatic heterocycles. The van der Waals surface area contributed by atoms with Gasteiger partial charge in [0.25, 0.3) is 0 Å². The number of pyridine rings is 1. The first kappa shape index (κ1) is 23.6. The summed E-state index contributed by atoms with van der Waals surface area (Å²) in [4.78, 5) is 4.22. The quantitative estimate of drug-likeness (QED) is 0.494. The highest BCUT2D eigenvalue weighted by molar-refractivity contribution is 5.70. The van der Waals surface area contributed by atoms with Crippen LogP contribution in [-0.2, 0) is 12.6 Å². The maximum absolute atomic E-state index is 14.2. The van der Waals surface area contributed by atoms with Gasteiger partial charge in [-0.05, 0) is 49.8 Å². The van der Waals surface area contributed by atoms with Crippen LogP contribution in [0.3, 0.4) is 0 Å². The fourth-order valence-electron chi connectivity index (χ4n) is 3.97. The van der Waals surface area contributed by atoms with Crippen LogP contribution in [0.15, 0.2) is 42.1 Å². The number of alkyl halides is 3. The molecule has 7 nitrogen and oxygen atoms in total. The average molecular weight is 476 g/mol. The first-order valence-corrected chi connectivity index (χ1v) is 10.7. The van der Waals surface area contributed by atoms with Crippen molar-refractivity contribution >= 4 is 11.5 Å². The van der Waals surface area contributed by atoms with Crippen molar-refractivity contribution in [1.82, 2.24) is 20.1 Å². The number of rotatable bonds is 3. The van der Waals surface area contributed by atoms with Gasteiger partial charge in [0.05, 0.1) is 5.69 Å². The number of nitrogens with two attached hydrogens (primary N) is 2. The maximum atomic E-state index is 14.2. The minimum atomic E-state index is -4.67. The number of hydrogen-bond donors (Lipinski definition) is 3. The number of benzene rings is 1. The van der Waals surface area contributed by atoms with E-state index < -0.39 is 23.8 Å². The summed E-state index contributed by atoms with van der Waals surface area (Å²) in [7, 11) is 0. The first-order chi connectivity index (χ1) is 16.1. The third kappa shape index (κ3) is 4.43. The summed E-state index contributed by atoms with van der Waals surface area (Å²) in [5.74, 6) is -0.193. The largest absolute Gasteiger partial charge is 0.482 e. The summed E-state index contributed by atoms with van der Waals surface area (Å²) in [6, 6.07) is 6.42. The Hall–Kier alpha value is -3.60. The molecule has 1 aromatic carbocycles. The van der Waals surface area contributed by atoms with E-state index in [9.17, 15) is 17.6 Å². The van der Waals surface area contributed by atoms with Crippen LogP contribution >= 0.6 is 0 Å². The van der Waals surface area contributed by atoms with Gasteiger partial charge in [-0.2, -0.15) is 18.3 Å². The van der Waals surface area contributed by atoms with Gasteiger partial charge in [-0.1, -0.05) is 0 Å². The lowest BCUT2D eigenvalue weighted by Crippen LogP contribution is -2.21. The summed E-state index contributed by atoms with van der Waals surface area (Å²) in [6.07, 6.45) is -3.85. The zero-order chi connectivity index (χ0) is 24.6. The second-order valence-corrected chi connectivity index (χ2v) is 7.89. The molecule has 1 unspecified atom stereocenters. The molecular weight excluding hydrogens is 452 g/mol. The fourth-order valence-corrected chi connectivity index (χ4v) is 3.97. The number of halogens is 4. The Morgan fingerprint density at radius 1 is 1.24 bits per heavy atom. The lowest BCUT2D eigenvalue weighted by Gasteiger charge is -2.23. The molecule has 3 heterocycles. The molecule has 0 radical (unpaired) electrons. The standard InChI is InChI=1S/C23H24F4N6O/c1-3-30-21-13(10-28)6-16-9-20(23(25,26)27)32-33(16)18-5-4-15(24)8-17(18)12(2)34-19-7-14(21)11-31-22(19)29/h4-5,7-9,11-12,30H,3,6,10,28H2,1-2H3,(H2,29,31)/b21-13-. The number of ether oxygens (including phenoxy) is 1. The topological polar surface area (TPSA) is 104 Å².